The molecule has 0 radical (unpaired) electrons. The lowest BCUT2D eigenvalue weighted by Gasteiger charge is -2.39. The van der Waals surface area contributed by atoms with Crippen LogP contribution in [-0.4, -0.2) is 67.3 Å². The Balaban J connectivity index is 1.70. The summed E-state index contributed by atoms with van der Waals surface area (Å²) in [5, 5.41) is 0. The molecule has 6 heteroatoms. The molecule has 16 heavy (non-hydrogen) atoms. The predicted octanol–water partition coefficient (Wildman–Crippen LogP) is -0.314. The quantitative estimate of drug-likeness (QED) is 0.617. The van der Waals surface area contributed by atoms with Crippen molar-refractivity contribution < 1.29 is 19.1 Å². The van der Waals surface area contributed by atoms with E-state index < -0.39 is 0 Å². The maximum atomic E-state index is 11.6. The molecular weight excluding hydrogens is 212 g/mol. The van der Waals surface area contributed by atoms with Gasteiger partial charge in [0.25, 0.3) is 0 Å². The van der Waals surface area contributed by atoms with Crippen molar-refractivity contribution >= 4 is 12.0 Å². The molecule has 2 saturated heterocycles. The molecule has 0 aliphatic carbocycles. The fourth-order valence-corrected chi connectivity index (χ4v) is 1.73. The second-order valence-corrected chi connectivity index (χ2v) is 4.03. The van der Waals surface area contributed by atoms with E-state index in [-0.39, 0.29) is 18.1 Å². The van der Waals surface area contributed by atoms with Gasteiger partial charge in [0.1, 0.15) is 6.10 Å². The van der Waals surface area contributed by atoms with Crippen molar-refractivity contribution in [3.05, 3.63) is 0 Å². The minimum absolute atomic E-state index is 0.0265. The summed E-state index contributed by atoms with van der Waals surface area (Å²) in [4.78, 5) is 25.8. The highest BCUT2D eigenvalue weighted by atomic mass is 16.6. The number of ether oxygens (including phenoxy) is 2. The lowest BCUT2D eigenvalue weighted by Crippen LogP contribution is -2.56. The molecule has 2 aliphatic rings. The predicted molar refractivity (Wildman–Crippen MR) is 54.9 cm³/mol. The van der Waals surface area contributed by atoms with E-state index in [4.69, 9.17) is 9.47 Å². The van der Waals surface area contributed by atoms with Crippen LogP contribution in [0.5, 0.6) is 0 Å². The van der Waals surface area contributed by atoms with E-state index in [0.717, 1.165) is 0 Å². The van der Waals surface area contributed by atoms with Crippen LogP contribution in [0, 0.1) is 0 Å². The van der Waals surface area contributed by atoms with Crippen molar-refractivity contribution in [1.29, 1.82) is 0 Å². The van der Waals surface area contributed by atoms with E-state index in [9.17, 15) is 9.59 Å². The summed E-state index contributed by atoms with van der Waals surface area (Å²) >= 11 is 0. The molecule has 0 aromatic heterocycles. The molecule has 2 rings (SSSR count). The van der Waals surface area contributed by atoms with Crippen LogP contribution in [0.4, 0.5) is 4.79 Å². The van der Waals surface area contributed by atoms with E-state index in [1.807, 2.05) is 0 Å². The van der Waals surface area contributed by atoms with Crippen molar-refractivity contribution in [2.24, 2.45) is 0 Å². The first-order chi connectivity index (χ1) is 7.66. The van der Waals surface area contributed by atoms with E-state index in [1.165, 1.54) is 6.92 Å². The van der Waals surface area contributed by atoms with Crippen LogP contribution in [0.1, 0.15) is 6.92 Å². The van der Waals surface area contributed by atoms with Gasteiger partial charge < -0.3 is 19.3 Å². The summed E-state index contributed by atoms with van der Waals surface area (Å²) < 4.78 is 10.4. The van der Waals surface area contributed by atoms with Gasteiger partial charge in [0.15, 0.2) is 0 Å². The van der Waals surface area contributed by atoms with Gasteiger partial charge >= 0.3 is 6.09 Å². The number of carbonyl (C=O) groups is 2. The van der Waals surface area contributed by atoms with Gasteiger partial charge in [0, 0.05) is 20.0 Å². The number of likely N-dealkylation sites (tertiary alicyclic amines) is 1. The number of hydrogen-bond donors (Lipinski definition) is 0. The molecule has 0 unspecified atom stereocenters. The van der Waals surface area contributed by atoms with Gasteiger partial charge in [0.05, 0.1) is 26.3 Å². The zero-order valence-electron chi connectivity index (χ0n) is 9.35. The van der Waals surface area contributed by atoms with Crippen molar-refractivity contribution in [2.45, 2.75) is 13.0 Å². The summed E-state index contributed by atoms with van der Waals surface area (Å²) in [6.07, 6.45) is -0.434. The monoisotopic (exact) mass is 228 g/mol. The molecular formula is C10H16N2O4. The first kappa shape index (κ1) is 11.2. The molecule has 0 atom stereocenters. The highest BCUT2D eigenvalue weighted by molar-refractivity contribution is 5.74. The lowest BCUT2D eigenvalue weighted by molar-refractivity contribution is -0.139. The minimum Gasteiger partial charge on any atom is -0.442 e. The van der Waals surface area contributed by atoms with E-state index >= 15 is 0 Å². The number of rotatable bonds is 1. The molecule has 2 aliphatic heterocycles. The smallest absolute Gasteiger partial charge is 0.410 e. The van der Waals surface area contributed by atoms with E-state index in [0.29, 0.717) is 39.4 Å². The van der Waals surface area contributed by atoms with Gasteiger partial charge in [-0.2, -0.15) is 0 Å². The topological polar surface area (TPSA) is 59.1 Å². The highest BCUT2D eigenvalue weighted by Gasteiger charge is 2.33. The maximum absolute atomic E-state index is 11.6. The first-order valence-corrected chi connectivity index (χ1v) is 5.45. The number of morpholine rings is 1. The van der Waals surface area contributed by atoms with Gasteiger partial charge in [-0.15, -0.1) is 0 Å². The van der Waals surface area contributed by atoms with Gasteiger partial charge in [0.2, 0.25) is 5.91 Å². The van der Waals surface area contributed by atoms with Gasteiger partial charge in [-0.1, -0.05) is 0 Å². The molecule has 0 aromatic rings. The van der Waals surface area contributed by atoms with Crippen LogP contribution in [0.25, 0.3) is 0 Å². The third-order valence-corrected chi connectivity index (χ3v) is 2.83. The maximum Gasteiger partial charge on any atom is 0.410 e. The first-order valence-electron chi connectivity index (χ1n) is 5.45. The third kappa shape index (κ3) is 2.44. The number of carbonyl (C=O) groups excluding carboxylic acids is 2. The van der Waals surface area contributed by atoms with Gasteiger partial charge in [-0.25, -0.2) is 4.79 Å². The second kappa shape index (κ2) is 4.69. The third-order valence-electron chi connectivity index (χ3n) is 2.83. The average Bonchev–Trinajstić information content (AvgIpc) is 2.23. The molecule has 0 bridgehead atoms. The summed E-state index contributed by atoms with van der Waals surface area (Å²) in [7, 11) is 0. The zero-order chi connectivity index (χ0) is 11.5. The summed E-state index contributed by atoms with van der Waals surface area (Å²) in [6, 6.07) is 0. The van der Waals surface area contributed by atoms with E-state index in [1.54, 1.807) is 9.80 Å². The Morgan fingerprint density at radius 3 is 2.38 bits per heavy atom. The normalized spacial score (nSPS) is 21.6. The van der Waals surface area contributed by atoms with Crippen molar-refractivity contribution in [1.82, 2.24) is 9.80 Å². The SMILES string of the molecule is CC(=O)N1CC(OC(=O)N2CCOCC2)C1. The Morgan fingerprint density at radius 1 is 1.19 bits per heavy atom. The second-order valence-electron chi connectivity index (χ2n) is 4.03. The zero-order valence-corrected chi connectivity index (χ0v) is 9.35. The summed E-state index contributed by atoms with van der Waals surface area (Å²) in [6.45, 7) is 4.86. The lowest BCUT2D eigenvalue weighted by atomic mass is 10.2. The van der Waals surface area contributed by atoms with Crippen molar-refractivity contribution in [3.63, 3.8) is 0 Å². The molecule has 0 aromatic carbocycles. The van der Waals surface area contributed by atoms with Gasteiger partial charge in [-0.3, -0.25) is 4.79 Å². The fourth-order valence-electron chi connectivity index (χ4n) is 1.73. The number of nitrogens with zero attached hydrogens (tertiary/aromatic N) is 2. The summed E-state index contributed by atoms with van der Waals surface area (Å²) in [5.74, 6) is 0.0265. The largest absolute Gasteiger partial charge is 0.442 e. The van der Waals surface area contributed by atoms with Crippen LogP contribution < -0.4 is 0 Å². The van der Waals surface area contributed by atoms with Crippen LogP contribution in [-0.2, 0) is 14.3 Å². The molecule has 2 heterocycles. The van der Waals surface area contributed by atoms with Crippen molar-refractivity contribution in [3.8, 4) is 0 Å². The molecule has 90 valence electrons. The number of amides is 2. The Kier molecular flexibility index (Phi) is 3.28. The molecule has 0 saturated carbocycles. The van der Waals surface area contributed by atoms with Crippen LogP contribution in [0.2, 0.25) is 0 Å². The standard InChI is InChI=1S/C10H16N2O4/c1-8(13)12-6-9(7-12)16-10(14)11-2-4-15-5-3-11/h9H,2-7H2,1H3. The Labute approximate surface area is 94.1 Å². The Morgan fingerprint density at radius 2 is 1.81 bits per heavy atom. The van der Waals surface area contributed by atoms with Crippen LogP contribution in [0.3, 0.4) is 0 Å². The van der Waals surface area contributed by atoms with Crippen LogP contribution in [0.15, 0.2) is 0 Å². The molecule has 6 nitrogen and oxygen atoms in total. The molecule has 0 N–H and O–H groups in total. The van der Waals surface area contributed by atoms with Crippen LogP contribution >= 0.6 is 0 Å². The molecule has 2 amide bonds. The van der Waals surface area contributed by atoms with E-state index in [2.05, 4.69) is 0 Å². The average molecular weight is 228 g/mol. The number of hydrogen-bond acceptors (Lipinski definition) is 4. The van der Waals surface area contributed by atoms with Crippen molar-refractivity contribution in [2.75, 3.05) is 39.4 Å². The summed E-state index contributed by atoms with van der Waals surface area (Å²) in [5.41, 5.74) is 0. The fraction of sp³-hybridized carbons (Fsp3) is 0.800. The highest BCUT2D eigenvalue weighted by Crippen LogP contribution is 2.13. The van der Waals surface area contributed by atoms with Gasteiger partial charge in [-0.05, 0) is 0 Å². The molecule has 2 fully saturated rings. The Bertz CT molecular complexity index is 283. The molecule has 0 spiro atoms. The Hall–Kier alpha value is -1.30. The minimum atomic E-state index is -0.295.